The summed E-state index contributed by atoms with van der Waals surface area (Å²) in [6.45, 7) is 6.19. The van der Waals surface area contributed by atoms with Gasteiger partial charge in [-0.05, 0) is 38.1 Å². The molecule has 0 saturated carbocycles. The van der Waals surface area contributed by atoms with Crippen LogP contribution in [0.25, 0.3) is 0 Å². The summed E-state index contributed by atoms with van der Waals surface area (Å²) in [5, 5.41) is 5.47. The van der Waals surface area contributed by atoms with Crippen LogP contribution in [0.1, 0.15) is 20.8 Å². The van der Waals surface area contributed by atoms with Crippen LogP contribution in [0.3, 0.4) is 0 Å². The zero-order valence-electron chi connectivity index (χ0n) is 13.5. The summed E-state index contributed by atoms with van der Waals surface area (Å²) >= 11 is 0. The second-order valence-corrected chi connectivity index (χ2v) is 5.83. The molecule has 0 radical (unpaired) electrons. The Kier molecular flexibility index (Phi) is 6.98. The number of rotatable bonds is 7. The third-order valence-electron chi connectivity index (χ3n) is 3.32. The summed E-state index contributed by atoms with van der Waals surface area (Å²) in [7, 11) is 1.69. The Balaban J connectivity index is 2.39. The minimum Gasteiger partial charge on any atom is -0.352 e. The zero-order valence-corrected chi connectivity index (χ0v) is 13.5. The van der Waals surface area contributed by atoms with E-state index >= 15 is 0 Å². The number of benzene rings is 1. The van der Waals surface area contributed by atoms with Crippen molar-refractivity contribution in [2.75, 3.05) is 25.5 Å². The number of hydrogen-bond donors (Lipinski definition) is 2. The molecule has 0 spiro atoms. The van der Waals surface area contributed by atoms with Crippen molar-refractivity contribution in [1.29, 1.82) is 0 Å². The number of amides is 2. The Labute approximate surface area is 130 Å². The number of anilines is 1. The van der Waals surface area contributed by atoms with Crippen molar-refractivity contribution in [1.82, 2.24) is 10.2 Å². The van der Waals surface area contributed by atoms with Gasteiger partial charge in [-0.15, -0.1) is 0 Å². The maximum absolute atomic E-state index is 13.0. The minimum atomic E-state index is -0.409. The summed E-state index contributed by atoms with van der Waals surface area (Å²) in [4.78, 5) is 25.3. The summed E-state index contributed by atoms with van der Waals surface area (Å²) in [6.07, 6.45) is 0. The lowest BCUT2D eigenvalue weighted by Crippen LogP contribution is -2.43. The molecule has 2 N–H and O–H groups in total. The molecular weight excluding hydrogens is 285 g/mol. The molecule has 6 heteroatoms. The van der Waals surface area contributed by atoms with Gasteiger partial charge in [-0.2, -0.15) is 0 Å². The Morgan fingerprint density at radius 2 is 1.82 bits per heavy atom. The van der Waals surface area contributed by atoms with E-state index in [2.05, 4.69) is 10.6 Å². The zero-order chi connectivity index (χ0) is 16.7. The molecule has 0 aliphatic rings. The Bertz CT molecular complexity index is 520. The summed E-state index contributed by atoms with van der Waals surface area (Å²) < 4.78 is 13.0. The average molecular weight is 309 g/mol. The van der Waals surface area contributed by atoms with Gasteiger partial charge >= 0.3 is 0 Å². The maximum atomic E-state index is 13.0. The molecule has 122 valence electrons. The molecule has 22 heavy (non-hydrogen) atoms. The second kappa shape index (κ2) is 8.48. The minimum absolute atomic E-state index is 0.0555. The highest BCUT2D eigenvalue weighted by Crippen LogP contribution is 2.08. The number of likely N-dealkylation sites (N-methyl/N-ethyl adjacent to an activating group) is 1. The topological polar surface area (TPSA) is 61.4 Å². The summed E-state index contributed by atoms with van der Waals surface area (Å²) in [5.41, 5.74) is 0.399. The van der Waals surface area contributed by atoms with E-state index in [0.29, 0.717) is 11.6 Å². The van der Waals surface area contributed by atoms with Gasteiger partial charge in [0.1, 0.15) is 5.82 Å². The standard InChI is InChI=1S/C16H24FN3O2/c1-11(2)12(3)18-15(21)9-20(4)10-16(22)19-14-7-5-6-13(17)8-14/h5-8,11-12H,9-10H2,1-4H3,(H,18,21)(H,19,22)/t12-/m1/s1. The van der Waals surface area contributed by atoms with Crippen LogP contribution in [0, 0.1) is 11.7 Å². The predicted molar refractivity (Wildman–Crippen MR) is 85.0 cm³/mol. The van der Waals surface area contributed by atoms with E-state index in [1.54, 1.807) is 18.0 Å². The Hall–Kier alpha value is -1.95. The van der Waals surface area contributed by atoms with Crippen molar-refractivity contribution in [2.45, 2.75) is 26.8 Å². The van der Waals surface area contributed by atoms with Gasteiger partial charge in [-0.3, -0.25) is 14.5 Å². The highest BCUT2D eigenvalue weighted by atomic mass is 19.1. The SMILES string of the molecule is CC(C)[C@@H](C)NC(=O)CN(C)CC(=O)Nc1cccc(F)c1. The van der Waals surface area contributed by atoms with Gasteiger partial charge in [0.15, 0.2) is 0 Å². The van der Waals surface area contributed by atoms with Crippen LogP contribution < -0.4 is 10.6 Å². The van der Waals surface area contributed by atoms with Gasteiger partial charge in [0, 0.05) is 11.7 Å². The van der Waals surface area contributed by atoms with Gasteiger partial charge in [0.2, 0.25) is 11.8 Å². The molecule has 5 nitrogen and oxygen atoms in total. The molecule has 0 aliphatic heterocycles. The van der Waals surface area contributed by atoms with Crippen LogP contribution in [-0.4, -0.2) is 42.9 Å². The Morgan fingerprint density at radius 1 is 1.18 bits per heavy atom. The lowest BCUT2D eigenvalue weighted by molar-refractivity contribution is -0.123. The normalized spacial score (nSPS) is 12.3. The summed E-state index contributed by atoms with van der Waals surface area (Å²) in [5.74, 6) is -0.473. The molecule has 1 atom stereocenters. The van der Waals surface area contributed by atoms with Gasteiger partial charge < -0.3 is 10.6 Å². The van der Waals surface area contributed by atoms with Gasteiger partial charge in [0.05, 0.1) is 13.1 Å². The monoisotopic (exact) mass is 309 g/mol. The van der Waals surface area contributed by atoms with Gasteiger partial charge in [-0.1, -0.05) is 19.9 Å². The highest BCUT2D eigenvalue weighted by Gasteiger charge is 2.14. The molecular formula is C16H24FN3O2. The third-order valence-corrected chi connectivity index (χ3v) is 3.32. The van der Waals surface area contributed by atoms with Crippen LogP contribution in [-0.2, 0) is 9.59 Å². The van der Waals surface area contributed by atoms with Crippen LogP contribution in [0.15, 0.2) is 24.3 Å². The Morgan fingerprint density at radius 3 is 2.41 bits per heavy atom. The predicted octanol–water partition coefficient (Wildman–Crippen LogP) is 1.86. The number of nitrogens with zero attached hydrogens (tertiary/aromatic N) is 1. The number of carbonyl (C=O) groups is 2. The largest absolute Gasteiger partial charge is 0.352 e. The lowest BCUT2D eigenvalue weighted by Gasteiger charge is -2.20. The molecule has 2 amide bonds. The van der Waals surface area contributed by atoms with E-state index in [4.69, 9.17) is 0 Å². The second-order valence-electron chi connectivity index (χ2n) is 5.83. The van der Waals surface area contributed by atoms with Crippen LogP contribution in [0.4, 0.5) is 10.1 Å². The fourth-order valence-corrected chi connectivity index (χ4v) is 1.78. The molecule has 0 saturated heterocycles. The molecule has 1 aromatic rings. The van der Waals surface area contributed by atoms with E-state index < -0.39 is 5.82 Å². The molecule has 0 fully saturated rings. The first-order chi connectivity index (χ1) is 10.3. The number of carbonyl (C=O) groups excluding carboxylic acids is 2. The number of nitrogens with one attached hydrogen (secondary N) is 2. The first-order valence-electron chi connectivity index (χ1n) is 7.31. The fourth-order valence-electron chi connectivity index (χ4n) is 1.78. The molecule has 0 unspecified atom stereocenters. The van der Waals surface area contributed by atoms with Crippen molar-refractivity contribution < 1.29 is 14.0 Å². The van der Waals surface area contributed by atoms with Crippen LogP contribution in [0.5, 0.6) is 0 Å². The average Bonchev–Trinajstić information content (AvgIpc) is 2.37. The van der Waals surface area contributed by atoms with Crippen LogP contribution >= 0.6 is 0 Å². The molecule has 0 heterocycles. The number of hydrogen-bond acceptors (Lipinski definition) is 3. The van der Waals surface area contributed by atoms with Crippen molar-refractivity contribution in [2.24, 2.45) is 5.92 Å². The molecule has 0 aromatic heterocycles. The molecule has 0 bridgehead atoms. The smallest absolute Gasteiger partial charge is 0.238 e. The highest BCUT2D eigenvalue weighted by molar-refractivity contribution is 5.92. The fraction of sp³-hybridized carbons (Fsp3) is 0.500. The molecule has 0 aliphatic carbocycles. The first-order valence-corrected chi connectivity index (χ1v) is 7.31. The van der Waals surface area contributed by atoms with E-state index in [0.717, 1.165) is 0 Å². The molecule has 1 rings (SSSR count). The van der Waals surface area contributed by atoms with Crippen molar-refractivity contribution >= 4 is 17.5 Å². The van der Waals surface area contributed by atoms with E-state index in [1.165, 1.54) is 18.2 Å². The summed E-state index contributed by atoms with van der Waals surface area (Å²) in [6, 6.07) is 5.77. The third kappa shape index (κ3) is 6.67. The maximum Gasteiger partial charge on any atom is 0.238 e. The van der Waals surface area contributed by atoms with Gasteiger partial charge in [-0.25, -0.2) is 4.39 Å². The van der Waals surface area contributed by atoms with Crippen molar-refractivity contribution in [3.63, 3.8) is 0 Å². The van der Waals surface area contributed by atoms with E-state index in [-0.39, 0.29) is 30.9 Å². The first kappa shape index (κ1) is 18.1. The number of halogens is 1. The van der Waals surface area contributed by atoms with Crippen molar-refractivity contribution in [3.05, 3.63) is 30.1 Å². The van der Waals surface area contributed by atoms with Gasteiger partial charge in [0.25, 0.3) is 0 Å². The van der Waals surface area contributed by atoms with E-state index in [1.807, 2.05) is 20.8 Å². The molecule has 1 aromatic carbocycles. The van der Waals surface area contributed by atoms with E-state index in [9.17, 15) is 14.0 Å². The van der Waals surface area contributed by atoms with Crippen molar-refractivity contribution in [3.8, 4) is 0 Å². The quantitative estimate of drug-likeness (QED) is 0.808. The lowest BCUT2D eigenvalue weighted by atomic mass is 10.1. The van der Waals surface area contributed by atoms with Crippen LogP contribution in [0.2, 0.25) is 0 Å².